The Morgan fingerprint density at radius 2 is 1.67 bits per heavy atom. The van der Waals surface area contributed by atoms with Gasteiger partial charge in [0.1, 0.15) is 0 Å². The van der Waals surface area contributed by atoms with E-state index >= 15 is 0 Å². The molecular formula is C15H19N5O. The van der Waals surface area contributed by atoms with E-state index in [2.05, 4.69) is 51.9 Å². The fraction of sp³-hybridized carbons (Fsp3) is 0.400. The molecule has 0 bridgehead atoms. The van der Waals surface area contributed by atoms with Gasteiger partial charge in [-0.05, 0) is 26.0 Å². The van der Waals surface area contributed by atoms with Crippen LogP contribution in [-0.4, -0.2) is 41.3 Å². The van der Waals surface area contributed by atoms with E-state index in [0.717, 1.165) is 18.7 Å². The Bertz CT molecular complexity index is 632. The zero-order valence-electron chi connectivity index (χ0n) is 12.3. The van der Waals surface area contributed by atoms with Crippen LogP contribution in [-0.2, 0) is 4.74 Å². The molecule has 0 saturated carbocycles. The third-order valence-corrected chi connectivity index (χ3v) is 3.41. The van der Waals surface area contributed by atoms with Gasteiger partial charge in [-0.1, -0.05) is 17.2 Å². The standard InChI is InChI=1S/C15H19N5O/c1-10-7-11(2)9-12(8-10)13-17-14(16)19-15(18-13)20-3-5-21-6-4-20/h7-9H,3-6H2,1-2H3,(H2,16,17,18,19). The zero-order valence-corrected chi connectivity index (χ0v) is 12.3. The summed E-state index contributed by atoms with van der Waals surface area (Å²) in [5.74, 6) is 1.50. The van der Waals surface area contributed by atoms with Gasteiger partial charge in [0, 0.05) is 18.7 Å². The third-order valence-electron chi connectivity index (χ3n) is 3.41. The second kappa shape index (κ2) is 5.65. The molecule has 2 aromatic rings. The fourth-order valence-corrected chi connectivity index (χ4v) is 2.52. The normalized spacial score (nSPS) is 15.2. The molecule has 2 N–H and O–H groups in total. The predicted molar refractivity (Wildman–Crippen MR) is 82.2 cm³/mol. The van der Waals surface area contributed by atoms with Crippen molar-refractivity contribution in [3.05, 3.63) is 29.3 Å². The van der Waals surface area contributed by atoms with Gasteiger partial charge < -0.3 is 15.4 Å². The molecule has 1 aliphatic heterocycles. The Morgan fingerprint density at radius 3 is 2.33 bits per heavy atom. The van der Waals surface area contributed by atoms with Crippen LogP contribution in [0.15, 0.2) is 18.2 Å². The number of morpholine rings is 1. The molecule has 6 nitrogen and oxygen atoms in total. The van der Waals surface area contributed by atoms with Crippen LogP contribution in [0.5, 0.6) is 0 Å². The first kappa shape index (κ1) is 13.8. The maximum Gasteiger partial charge on any atom is 0.230 e. The van der Waals surface area contributed by atoms with Gasteiger partial charge in [0.05, 0.1) is 13.2 Å². The topological polar surface area (TPSA) is 77.2 Å². The number of hydrogen-bond acceptors (Lipinski definition) is 6. The lowest BCUT2D eigenvalue weighted by molar-refractivity contribution is 0.122. The molecule has 0 radical (unpaired) electrons. The van der Waals surface area contributed by atoms with Crippen molar-refractivity contribution in [1.29, 1.82) is 0 Å². The molecule has 0 aliphatic carbocycles. The van der Waals surface area contributed by atoms with Crippen molar-refractivity contribution < 1.29 is 4.74 Å². The summed E-state index contributed by atoms with van der Waals surface area (Å²) >= 11 is 0. The van der Waals surface area contributed by atoms with E-state index in [1.165, 1.54) is 11.1 Å². The quantitative estimate of drug-likeness (QED) is 0.902. The molecule has 1 fully saturated rings. The highest BCUT2D eigenvalue weighted by Gasteiger charge is 2.16. The lowest BCUT2D eigenvalue weighted by Crippen LogP contribution is -2.37. The van der Waals surface area contributed by atoms with Gasteiger partial charge in [0.2, 0.25) is 11.9 Å². The number of nitrogen functional groups attached to an aromatic ring is 1. The Kier molecular flexibility index (Phi) is 3.70. The van der Waals surface area contributed by atoms with Crippen LogP contribution in [0.1, 0.15) is 11.1 Å². The smallest absolute Gasteiger partial charge is 0.230 e. The Morgan fingerprint density at radius 1 is 1.00 bits per heavy atom. The van der Waals surface area contributed by atoms with E-state index in [1.54, 1.807) is 0 Å². The van der Waals surface area contributed by atoms with E-state index in [1.807, 2.05) is 0 Å². The minimum Gasteiger partial charge on any atom is -0.378 e. The maximum absolute atomic E-state index is 5.86. The average molecular weight is 285 g/mol. The molecule has 1 aromatic heterocycles. The van der Waals surface area contributed by atoms with E-state index in [0.29, 0.717) is 25.0 Å². The van der Waals surface area contributed by atoms with Crippen molar-refractivity contribution in [1.82, 2.24) is 15.0 Å². The summed E-state index contributed by atoms with van der Waals surface area (Å²) in [6, 6.07) is 6.24. The first-order valence-electron chi connectivity index (χ1n) is 7.05. The van der Waals surface area contributed by atoms with E-state index in [4.69, 9.17) is 10.5 Å². The number of ether oxygens (including phenoxy) is 1. The molecule has 6 heteroatoms. The van der Waals surface area contributed by atoms with Gasteiger partial charge in [-0.3, -0.25) is 0 Å². The van der Waals surface area contributed by atoms with Crippen molar-refractivity contribution in [3.8, 4) is 11.4 Å². The number of hydrogen-bond donors (Lipinski definition) is 1. The summed E-state index contributed by atoms with van der Waals surface area (Å²) in [6.07, 6.45) is 0. The van der Waals surface area contributed by atoms with Crippen LogP contribution in [0.2, 0.25) is 0 Å². The van der Waals surface area contributed by atoms with Gasteiger partial charge in [0.25, 0.3) is 0 Å². The number of rotatable bonds is 2. The Hall–Kier alpha value is -2.21. The predicted octanol–water partition coefficient (Wildman–Crippen LogP) is 1.57. The van der Waals surface area contributed by atoms with Crippen molar-refractivity contribution >= 4 is 11.9 Å². The fourth-order valence-electron chi connectivity index (χ4n) is 2.52. The monoisotopic (exact) mass is 285 g/mol. The molecule has 0 spiro atoms. The third kappa shape index (κ3) is 3.11. The number of aryl methyl sites for hydroxylation is 2. The number of aromatic nitrogens is 3. The van der Waals surface area contributed by atoms with Gasteiger partial charge in [-0.25, -0.2) is 0 Å². The van der Waals surface area contributed by atoms with Crippen molar-refractivity contribution in [3.63, 3.8) is 0 Å². The van der Waals surface area contributed by atoms with E-state index in [-0.39, 0.29) is 5.95 Å². The van der Waals surface area contributed by atoms with Crippen LogP contribution < -0.4 is 10.6 Å². The molecule has 1 aliphatic rings. The van der Waals surface area contributed by atoms with Gasteiger partial charge in [0.15, 0.2) is 5.82 Å². The van der Waals surface area contributed by atoms with Gasteiger partial charge >= 0.3 is 0 Å². The van der Waals surface area contributed by atoms with E-state index in [9.17, 15) is 0 Å². The zero-order chi connectivity index (χ0) is 14.8. The summed E-state index contributed by atoms with van der Waals surface area (Å²) in [4.78, 5) is 15.2. The molecule has 0 atom stereocenters. The summed E-state index contributed by atoms with van der Waals surface area (Å²) in [7, 11) is 0. The maximum atomic E-state index is 5.86. The van der Waals surface area contributed by atoms with Crippen LogP contribution in [0, 0.1) is 13.8 Å². The molecule has 2 heterocycles. The van der Waals surface area contributed by atoms with Crippen LogP contribution in [0.25, 0.3) is 11.4 Å². The number of benzene rings is 1. The summed E-state index contributed by atoms with van der Waals surface area (Å²) in [5, 5.41) is 0. The van der Waals surface area contributed by atoms with Gasteiger partial charge in [-0.2, -0.15) is 15.0 Å². The molecule has 21 heavy (non-hydrogen) atoms. The molecule has 0 amide bonds. The highest BCUT2D eigenvalue weighted by atomic mass is 16.5. The SMILES string of the molecule is Cc1cc(C)cc(-c2nc(N)nc(N3CCOCC3)n2)c1. The summed E-state index contributed by atoms with van der Waals surface area (Å²) in [5.41, 5.74) is 9.18. The lowest BCUT2D eigenvalue weighted by Gasteiger charge is -2.26. The Balaban J connectivity index is 2.00. The number of anilines is 2. The van der Waals surface area contributed by atoms with E-state index < -0.39 is 0 Å². The largest absolute Gasteiger partial charge is 0.378 e. The first-order valence-corrected chi connectivity index (χ1v) is 7.05. The molecule has 110 valence electrons. The number of nitrogens with two attached hydrogens (primary N) is 1. The molecule has 1 aromatic carbocycles. The van der Waals surface area contributed by atoms with Crippen LogP contribution in [0.3, 0.4) is 0 Å². The van der Waals surface area contributed by atoms with Gasteiger partial charge in [-0.15, -0.1) is 0 Å². The minimum absolute atomic E-state index is 0.251. The summed E-state index contributed by atoms with van der Waals surface area (Å²) in [6.45, 7) is 7.04. The lowest BCUT2D eigenvalue weighted by atomic mass is 10.1. The molecule has 3 rings (SSSR count). The van der Waals surface area contributed by atoms with Crippen molar-refractivity contribution in [2.24, 2.45) is 0 Å². The highest BCUT2D eigenvalue weighted by Crippen LogP contribution is 2.21. The van der Waals surface area contributed by atoms with Crippen molar-refractivity contribution in [2.45, 2.75) is 13.8 Å². The highest BCUT2D eigenvalue weighted by molar-refractivity contribution is 5.60. The first-order chi connectivity index (χ1) is 10.1. The summed E-state index contributed by atoms with van der Waals surface area (Å²) < 4.78 is 5.35. The van der Waals surface area contributed by atoms with Crippen LogP contribution >= 0.6 is 0 Å². The second-order valence-electron chi connectivity index (χ2n) is 5.29. The molecule has 1 saturated heterocycles. The molecular weight excluding hydrogens is 266 g/mol. The number of nitrogens with zero attached hydrogens (tertiary/aromatic N) is 4. The van der Waals surface area contributed by atoms with Crippen molar-refractivity contribution in [2.75, 3.05) is 36.9 Å². The van der Waals surface area contributed by atoms with Crippen LogP contribution in [0.4, 0.5) is 11.9 Å². The Labute approximate surface area is 124 Å². The minimum atomic E-state index is 0.251. The molecule has 0 unspecified atom stereocenters. The second-order valence-corrected chi connectivity index (χ2v) is 5.29. The average Bonchev–Trinajstić information content (AvgIpc) is 2.46.